The number of rotatable bonds is 6. The quantitative estimate of drug-likeness (QED) is 0.420. The Labute approximate surface area is 141 Å². The lowest BCUT2D eigenvalue weighted by molar-refractivity contribution is -0.245. The van der Waals surface area contributed by atoms with Crippen molar-refractivity contribution in [1.29, 1.82) is 5.26 Å². The van der Waals surface area contributed by atoms with Gasteiger partial charge in [-0.15, -0.1) is 9.24 Å². The molecule has 4 saturated carbocycles. The van der Waals surface area contributed by atoms with Crippen molar-refractivity contribution in [2.45, 2.75) is 82.3 Å². The van der Waals surface area contributed by atoms with Crippen LogP contribution in [0.4, 0.5) is 0 Å². The molecule has 0 spiro atoms. The van der Waals surface area contributed by atoms with Gasteiger partial charge in [0.15, 0.2) is 0 Å². The zero-order valence-electron chi connectivity index (χ0n) is 14.2. The van der Waals surface area contributed by atoms with Crippen LogP contribution in [0.5, 0.6) is 0 Å². The summed E-state index contributed by atoms with van der Waals surface area (Å²) in [6.45, 7) is 3.64. The number of hydrogen-bond acceptors (Lipinski definition) is 4. The topological polar surface area (TPSA) is 59.3 Å². The fraction of sp³-hybridized carbons (Fsp3) is 0.889. The van der Waals surface area contributed by atoms with Gasteiger partial charge < -0.3 is 9.47 Å². The van der Waals surface area contributed by atoms with Gasteiger partial charge >= 0.3 is 5.97 Å². The molecule has 3 unspecified atom stereocenters. The van der Waals surface area contributed by atoms with Gasteiger partial charge in [-0.1, -0.05) is 0 Å². The van der Waals surface area contributed by atoms with Crippen LogP contribution in [0.3, 0.4) is 0 Å². The second-order valence-corrected chi connectivity index (χ2v) is 9.58. The first kappa shape index (κ1) is 17.2. The van der Waals surface area contributed by atoms with E-state index in [1.54, 1.807) is 6.92 Å². The molecule has 0 heterocycles. The van der Waals surface area contributed by atoms with Crippen molar-refractivity contribution < 1.29 is 14.3 Å². The average molecular weight is 337 g/mol. The van der Waals surface area contributed by atoms with Crippen LogP contribution in [-0.2, 0) is 14.3 Å². The van der Waals surface area contributed by atoms with Crippen LogP contribution in [0.1, 0.15) is 65.2 Å². The highest BCUT2D eigenvalue weighted by Gasteiger charge is 2.52. The first-order chi connectivity index (χ1) is 10.8. The normalized spacial score (nSPS) is 38.6. The van der Waals surface area contributed by atoms with E-state index in [2.05, 4.69) is 15.3 Å². The van der Waals surface area contributed by atoms with Crippen LogP contribution in [0.15, 0.2) is 0 Å². The molecule has 0 radical (unpaired) electrons. The van der Waals surface area contributed by atoms with Crippen molar-refractivity contribution in [3.05, 3.63) is 0 Å². The van der Waals surface area contributed by atoms with Gasteiger partial charge in [-0.2, -0.15) is 5.26 Å². The number of hydrogen-bond donors (Lipinski definition) is 0. The molecule has 0 saturated heterocycles. The van der Waals surface area contributed by atoms with Crippen molar-refractivity contribution in [2.75, 3.05) is 0 Å². The van der Waals surface area contributed by atoms with Crippen LogP contribution in [-0.4, -0.2) is 23.0 Å². The van der Waals surface area contributed by atoms with Crippen molar-refractivity contribution in [3.8, 4) is 6.07 Å². The summed E-state index contributed by atoms with van der Waals surface area (Å²) < 4.78 is 11.7. The molecular formula is C18H28NO3P. The maximum absolute atomic E-state index is 12.0. The third kappa shape index (κ3) is 4.06. The molecular weight excluding hydrogens is 309 g/mol. The lowest BCUT2D eigenvalue weighted by Crippen LogP contribution is -2.53. The lowest BCUT2D eigenvalue weighted by Gasteiger charge is -2.56. The minimum Gasteiger partial charge on any atom is -0.436 e. The third-order valence-corrected chi connectivity index (χ3v) is 6.22. The summed E-state index contributed by atoms with van der Waals surface area (Å²) in [5.74, 6) is 2.18. The molecule has 0 aromatic rings. The van der Waals surface area contributed by atoms with Crippen LogP contribution in [0.25, 0.3) is 0 Å². The van der Waals surface area contributed by atoms with Crippen LogP contribution in [0.2, 0.25) is 0 Å². The molecule has 0 amide bonds. The molecule has 4 bridgehead atoms. The maximum Gasteiger partial charge on any atom is 0.308 e. The second-order valence-electron chi connectivity index (χ2n) is 8.31. The summed E-state index contributed by atoms with van der Waals surface area (Å²) in [5, 5.41) is 8.42. The molecule has 5 heteroatoms. The average Bonchev–Trinajstić information content (AvgIpc) is 2.43. The monoisotopic (exact) mass is 337 g/mol. The summed E-state index contributed by atoms with van der Waals surface area (Å²) in [5.41, 5.74) is -0.0454. The molecule has 128 valence electrons. The van der Waals surface area contributed by atoms with Gasteiger partial charge in [0.05, 0.1) is 16.8 Å². The van der Waals surface area contributed by atoms with Gasteiger partial charge in [0.25, 0.3) is 0 Å². The highest BCUT2D eigenvalue weighted by atomic mass is 31.0. The van der Waals surface area contributed by atoms with Gasteiger partial charge in [-0.25, -0.2) is 0 Å². The van der Waals surface area contributed by atoms with Crippen LogP contribution >= 0.6 is 9.24 Å². The number of nitriles is 1. The molecule has 4 aliphatic carbocycles. The van der Waals surface area contributed by atoms with Crippen LogP contribution < -0.4 is 0 Å². The highest BCUT2D eigenvalue weighted by Crippen LogP contribution is 2.57. The molecule has 3 atom stereocenters. The summed E-state index contributed by atoms with van der Waals surface area (Å²) in [6.07, 6.45) is 7.78. The van der Waals surface area contributed by atoms with Crippen LogP contribution in [0, 0.1) is 29.1 Å². The molecule has 4 fully saturated rings. The molecule has 0 aromatic carbocycles. The summed E-state index contributed by atoms with van der Waals surface area (Å²) in [6, 6.07) is 2.18. The van der Waals surface area contributed by atoms with E-state index in [4.69, 9.17) is 14.7 Å². The molecule has 23 heavy (non-hydrogen) atoms. The fourth-order valence-corrected chi connectivity index (χ4v) is 5.36. The SMILES string of the molecule is CC(OC(=O)CCC(C)(P)C#N)OC12CC3CC(CC(C3)C1)C2. The van der Waals surface area contributed by atoms with Crippen molar-refractivity contribution in [3.63, 3.8) is 0 Å². The van der Waals surface area contributed by atoms with E-state index in [1.807, 2.05) is 6.92 Å². The number of esters is 1. The number of nitrogens with zero attached hydrogens (tertiary/aromatic N) is 1. The first-order valence-electron chi connectivity index (χ1n) is 8.87. The van der Waals surface area contributed by atoms with Gasteiger partial charge in [0, 0.05) is 6.42 Å². The largest absolute Gasteiger partial charge is 0.436 e. The highest BCUT2D eigenvalue weighted by molar-refractivity contribution is 7.19. The van der Waals surface area contributed by atoms with Crippen molar-refractivity contribution >= 4 is 15.2 Å². The Balaban J connectivity index is 1.49. The van der Waals surface area contributed by atoms with E-state index in [0.29, 0.717) is 6.42 Å². The van der Waals surface area contributed by atoms with E-state index in [1.165, 1.54) is 19.3 Å². The molecule has 0 aliphatic heterocycles. The molecule has 0 N–H and O–H groups in total. The Morgan fingerprint density at radius 3 is 2.30 bits per heavy atom. The second kappa shape index (κ2) is 6.34. The number of carbonyl (C=O) groups excluding carboxylic acids is 1. The zero-order valence-corrected chi connectivity index (χ0v) is 15.4. The van der Waals surface area contributed by atoms with Gasteiger partial charge in [-0.3, -0.25) is 4.79 Å². The van der Waals surface area contributed by atoms with E-state index in [0.717, 1.165) is 37.0 Å². The zero-order chi connectivity index (χ0) is 16.7. The van der Waals surface area contributed by atoms with E-state index >= 15 is 0 Å². The predicted octanol–water partition coefficient (Wildman–Crippen LogP) is 3.80. The lowest BCUT2D eigenvalue weighted by atomic mass is 9.54. The molecule has 4 aliphatic rings. The Kier molecular flexibility index (Phi) is 4.73. The van der Waals surface area contributed by atoms with E-state index < -0.39 is 11.4 Å². The Morgan fingerprint density at radius 2 is 1.83 bits per heavy atom. The standard InChI is InChI=1S/C18H28NO3P/c1-12(21-16(20)3-4-17(2,23)11-19)22-18-8-13-5-14(9-18)7-15(6-13)10-18/h12-15H,3-10,23H2,1-2H3. The minimum absolute atomic E-state index is 0.0454. The van der Waals surface area contributed by atoms with Gasteiger partial charge in [0.2, 0.25) is 6.29 Å². The van der Waals surface area contributed by atoms with E-state index in [-0.39, 0.29) is 18.0 Å². The Hall–Kier alpha value is -0.650. The smallest absolute Gasteiger partial charge is 0.308 e. The van der Waals surface area contributed by atoms with Gasteiger partial charge in [-0.05, 0) is 76.5 Å². The van der Waals surface area contributed by atoms with Crippen molar-refractivity contribution in [1.82, 2.24) is 0 Å². The van der Waals surface area contributed by atoms with E-state index in [9.17, 15) is 4.79 Å². The fourth-order valence-electron chi connectivity index (χ4n) is 5.21. The minimum atomic E-state index is -0.566. The predicted molar refractivity (Wildman–Crippen MR) is 90.5 cm³/mol. The number of carbonyl (C=O) groups is 1. The third-order valence-electron chi connectivity index (χ3n) is 5.80. The first-order valence-corrected chi connectivity index (χ1v) is 9.44. The Bertz CT molecular complexity index is 476. The van der Waals surface area contributed by atoms with Gasteiger partial charge in [0.1, 0.15) is 0 Å². The maximum atomic E-state index is 12.0. The molecule has 4 nitrogen and oxygen atoms in total. The summed E-state index contributed by atoms with van der Waals surface area (Å²) in [7, 11) is 2.49. The Morgan fingerprint density at radius 1 is 1.30 bits per heavy atom. The molecule has 0 aromatic heterocycles. The summed E-state index contributed by atoms with van der Waals surface area (Å²) >= 11 is 0. The molecule has 4 rings (SSSR count). The summed E-state index contributed by atoms with van der Waals surface area (Å²) in [4.78, 5) is 12.0. The number of ether oxygens (including phenoxy) is 2. The van der Waals surface area contributed by atoms with Crippen molar-refractivity contribution in [2.24, 2.45) is 17.8 Å².